The average Bonchev–Trinajstić information content (AvgIpc) is 3.50. The Labute approximate surface area is 232 Å². The number of halogens is 1. The lowest BCUT2D eigenvalue weighted by Crippen LogP contribution is -2.45. The minimum atomic E-state index is -1.09. The van der Waals surface area contributed by atoms with Crippen LogP contribution in [0.25, 0.3) is 11.8 Å². The molecule has 40 heavy (non-hydrogen) atoms. The monoisotopic (exact) mass is 553 g/mol. The molecule has 0 bridgehead atoms. The van der Waals surface area contributed by atoms with E-state index in [1.807, 2.05) is 0 Å². The van der Waals surface area contributed by atoms with Crippen molar-refractivity contribution in [1.82, 2.24) is 25.1 Å². The van der Waals surface area contributed by atoms with E-state index in [1.54, 1.807) is 42.5 Å². The van der Waals surface area contributed by atoms with Crippen molar-refractivity contribution in [2.45, 2.75) is 12.5 Å². The highest BCUT2D eigenvalue weighted by atomic mass is 35.5. The molecule has 1 aliphatic rings. The predicted molar refractivity (Wildman–Crippen MR) is 145 cm³/mol. The number of aromatic carboxylic acids is 1. The lowest BCUT2D eigenvalue weighted by atomic mass is 9.88. The third-order valence-corrected chi connectivity index (χ3v) is 6.70. The number of amides is 2. The van der Waals surface area contributed by atoms with Gasteiger partial charge in [0.15, 0.2) is 0 Å². The largest absolute Gasteiger partial charge is 0.478 e. The fourth-order valence-electron chi connectivity index (χ4n) is 4.60. The van der Waals surface area contributed by atoms with E-state index in [4.69, 9.17) is 16.7 Å². The van der Waals surface area contributed by atoms with Gasteiger partial charge in [0.25, 0.3) is 5.91 Å². The number of aromatic nitrogens is 4. The van der Waals surface area contributed by atoms with E-state index in [0.717, 1.165) is 0 Å². The third kappa shape index (κ3) is 5.29. The molecule has 1 aromatic heterocycles. The van der Waals surface area contributed by atoms with Gasteiger partial charge in [-0.05, 0) is 82.6 Å². The van der Waals surface area contributed by atoms with Gasteiger partial charge in [-0.15, -0.1) is 5.10 Å². The fraction of sp³-hybridized carbons (Fsp3) is 0.107. The Kier molecular flexibility index (Phi) is 7.35. The van der Waals surface area contributed by atoms with Crippen molar-refractivity contribution in [3.05, 3.63) is 106 Å². The number of carbonyl (C=O) groups excluding carboxylic acids is 2. The maximum Gasteiger partial charge on any atom is 0.335 e. The highest BCUT2D eigenvalue weighted by molar-refractivity contribution is 6.30. The van der Waals surface area contributed by atoms with Gasteiger partial charge >= 0.3 is 5.97 Å². The Balaban J connectivity index is 1.47. The van der Waals surface area contributed by atoms with Crippen molar-refractivity contribution in [1.29, 1.82) is 5.26 Å². The SMILES string of the molecule is N#Cc1cccc2c1CCN(C(=O)C=Cc1cc(Cl)ccc1-n1cnnn1)C2C(=O)Nc1ccc(C(=O)O)cc1. The van der Waals surface area contributed by atoms with E-state index < -0.39 is 23.8 Å². The number of carboxylic acid groups (broad SMARTS) is 1. The van der Waals surface area contributed by atoms with Crippen molar-refractivity contribution in [3.63, 3.8) is 0 Å². The molecule has 0 spiro atoms. The van der Waals surface area contributed by atoms with Crippen LogP contribution in [0.15, 0.2) is 73.1 Å². The van der Waals surface area contributed by atoms with E-state index >= 15 is 0 Å². The molecular formula is C28H20ClN7O4. The van der Waals surface area contributed by atoms with Crippen LogP contribution in [-0.4, -0.2) is 54.5 Å². The second kappa shape index (κ2) is 11.2. The Hall–Kier alpha value is -5.34. The van der Waals surface area contributed by atoms with Gasteiger partial charge in [-0.2, -0.15) is 9.94 Å². The molecule has 0 aliphatic carbocycles. The van der Waals surface area contributed by atoms with E-state index in [-0.39, 0.29) is 12.1 Å². The molecule has 2 amide bonds. The van der Waals surface area contributed by atoms with Gasteiger partial charge < -0.3 is 15.3 Å². The molecule has 2 heterocycles. The second-order valence-electron chi connectivity index (χ2n) is 8.83. The Bertz CT molecular complexity index is 1680. The molecule has 4 aromatic rings. The number of fused-ring (bicyclic) bond motifs is 1. The molecule has 0 saturated carbocycles. The number of nitrogens with one attached hydrogen (secondary N) is 1. The molecule has 12 heteroatoms. The van der Waals surface area contributed by atoms with Crippen molar-refractivity contribution >= 4 is 41.1 Å². The Morgan fingerprint density at radius 1 is 1.12 bits per heavy atom. The third-order valence-electron chi connectivity index (χ3n) is 6.46. The number of carbonyl (C=O) groups is 3. The summed E-state index contributed by atoms with van der Waals surface area (Å²) in [6, 6.07) is 17.0. The topological polar surface area (TPSA) is 154 Å². The molecule has 5 rings (SSSR count). The molecular weight excluding hydrogens is 534 g/mol. The normalized spacial score (nSPS) is 14.4. The summed E-state index contributed by atoms with van der Waals surface area (Å²) in [5, 5.41) is 33.2. The number of tetrazole rings is 1. The summed E-state index contributed by atoms with van der Waals surface area (Å²) in [5.74, 6) is -2.02. The van der Waals surface area contributed by atoms with Crippen molar-refractivity contribution in [2.75, 3.05) is 11.9 Å². The van der Waals surface area contributed by atoms with Crippen LogP contribution in [0.2, 0.25) is 5.02 Å². The van der Waals surface area contributed by atoms with Crippen LogP contribution < -0.4 is 5.32 Å². The zero-order chi connectivity index (χ0) is 28.2. The summed E-state index contributed by atoms with van der Waals surface area (Å²) in [4.78, 5) is 39.8. The standard InChI is InChI=1S/C28H20ClN7O4/c29-20-7-10-24(36-16-31-33-34-36)18(14-20)6-11-25(37)35-13-12-22-19(15-30)2-1-3-23(22)26(35)27(38)32-21-8-4-17(5-9-21)28(39)40/h1-11,14,16,26H,12-13H2,(H,32,38)(H,39,40). The molecule has 11 nitrogen and oxygen atoms in total. The van der Waals surface area contributed by atoms with Gasteiger partial charge in [-0.1, -0.05) is 23.7 Å². The van der Waals surface area contributed by atoms with Crippen LogP contribution in [0.5, 0.6) is 0 Å². The molecule has 0 fully saturated rings. The predicted octanol–water partition coefficient (Wildman–Crippen LogP) is 3.66. The quantitative estimate of drug-likeness (QED) is 0.343. The molecule has 1 atom stereocenters. The molecule has 1 aliphatic heterocycles. The molecule has 0 saturated heterocycles. The maximum atomic E-state index is 13.6. The van der Waals surface area contributed by atoms with Crippen LogP contribution >= 0.6 is 11.6 Å². The number of rotatable bonds is 6. The first-order valence-corrected chi connectivity index (χ1v) is 12.4. The van der Waals surface area contributed by atoms with Crippen molar-refractivity contribution in [3.8, 4) is 11.8 Å². The number of benzene rings is 3. The van der Waals surface area contributed by atoms with E-state index in [2.05, 4.69) is 26.9 Å². The fourth-order valence-corrected chi connectivity index (χ4v) is 4.78. The van der Waals surface area contributed by atoms with Crippen LogP contribution in [0.3, 0.4) is 0 Å². The zero-order valence-electron chi connectivity index (χ0n) is 20.7. The molecule has 1 unspecified atom stereocenters. The lowest BCUT2D eigenvalue weighted by Gasteiger charge is -2.36. The number of carboxylic acids is 1. The Morgan fingerprint density at radius 2 is 1.93 bits per heavy atom. The van der Waals surface area contributed by atoms with Gasteiger partial charge in [0, 0.05) is 28.9 Å². The smallest absolute Gasteiger partial charge is 0.335 e. The molecule has 198 valence electrons. The van der Waals surface area contributed by atoms with Gasteiger partial charge in [-0.25, -0.2) is 4.79 Å². The van der Waals surface area contributed by atoms with Crippen molar-refractivity contribution < 1.29 is 19.5 Å². The summed E-state index contributed by atoms with van der Waals surface area (Å²) in [6.07, 6.45) is 4.73. The summed E-state index contributed by atoms with van der Waals surface area (Å²) >= 11 is 6.19. The van der Waals surface area contributed by atoms with E-state index in [0.29, 0.717) is 45.1 Å². The Morgan fingerprint density at radius 3 is 2.62 bits per heavy atom. The van der Waals surface area contributed by atoms with Gasteiger partial charge in [0.1, 0.15) is 12.4 Å². The summed E-state index contributed by atoms with van der Waals surface area (Å²) in [6.45, 7) is 0.195. The van der Waals surface area contributed by atoms with Crippen molar-refractivity contribution in [2.24, 2.45) is 0 Å². The first-order valence-electron chi connectivity index (χ1n) is 12.0. The van der Waals surface area contributed by atoms with Gasteiger partial charge in [0.05, 0.1) is 22.9 Å². The first-order chi connectivity index (χ1) is 19.4. The summed E-state index contributed by atoms with van der Waals surface area (Å²) in [5.41, 5.74) is 3.31. The highest BCUT2D eigenvalue weighted by Gasteiger charge is 2.36. The minimum absolute atomic E-state index is 0.0728. The van der Waals surface area contributed by atoms with Gasteiger partial charge in [-0.3, -0.25) is 9.59 Å². The number of hydrogen-bond acceptors (Lipinski definition) is 7. The van der Waals surface area contributed by atoms with Gasteiger partial charge in [0.2, 0.25) is 5.91 Å². The second-order valence-corrected chi connectivity index (χ2v) is 9.27. The van der Waals surface area contributed by atoms with Crippen LogP contribution in [0.4, 0.5) is 5.69 Å². The highest BCUT2D eigenvalue weighted by Crippen LogP contribution is 2.33. The molecule has 2 N–H and O–H groups in total. The van der Waals surface area contributed by atoms with Crippen LogP contribution in [0, 0.1) is 11.3 Å². The maximum absolute atomic E-state index is 13.6. The summed E-state index contributed by atoms with van der Waals surface area (Å²) < 4.78 is 1.44. The van der Waals surface area contributed by atoms with Crippen LogP contribution in [0.1, 0.15) is 38.7 Å². The lowest BCUT2D eigenvalue weighted by molar-refractivity contribution is -0.135. The molecule has 0 radical (unpaired) electrons. The first kappa shape index (κ1) is 26.3. The zero-order valence-corrected chi connectivity index (χ0v) is 21.5. The van der Waals surface area contributed by atoms with E-state index in [9.17, 15) is 19.6 Å². The number of hydrogen-bond donors (Lipinski definition) is 2. The summed E-state index contributed by atoms with van der Waals surface area (Å²) in [7, 11) is 0. The van der Waals surface area contributed by atoms with Crippen LogP contribution in [-0.2, 0) is 16.0 Å². The minimum Gasteiger partial charge on any atom is -0.478 e. The number of nitriles is 1. The molecule has 3 aromatic carbocycles. The average molecular weight is 554 g/mol. The van der Waals surface area contributed by atoms with E-state index in [1.165, 1.54) is 46.3 Å². The number of anilines is 1. The number of nitrogens with zero attached hydrogens (tertiary/aromatic N) is 6.